The third kappa shape index (κ3) is 5.65. The SMILES string of the molecule is c1ccc(N2CCN(CCCOc3ccc(NC4=Nc5ccccc5OC4)cc3)CC2)cc1. The number of hydrogen-bond donors (Lipinski definition) is 1. The van der Waals surface area contributed by atoms with Crippen LogP contribution >= 0.6 is 0 Å². The summed E-state index contributed by atoms with van der Waals surface area (Å²) >= 11 is 0. The third-order valence-electron chi connectivity index (χ3n) is 6.01. The predicted octanol–water partition coefficient (Wildman–Crippen LogP) is 4.81. The molecule has 6 nitrogen and oxygen atoms in total. The molecule has 33 heavy (non-hydrogen) atoms. The largest absolute Gasteiger partial charge is 0.494 e. The summed E-state index contributed by atoms with van der Waals surface area (Å²) < 4.78 is 11.7. The molecule has 6 heteroatoms. The fraction of sp³-hybridized carbons (Fsp3) is 0.296. The molecule has 1 saturated heterocycles. The summed E-state index contributed by atoms with van der Waals surface area (Å²) in [6.07, 6.45) is 1.03. The molecule has 2 heterocycles. The number of nitrogens with one attached hydrogen (secondary N) is 1. The number of para-hydroxylation sites is 3. The van der Waals surface area contributed by atoms with E-state index in [2.05, 4.69) is 50.4 Å². The summed E-state index contributed by atoms with van der Waals surface area (Å²) in [7, 11) is 0. The van der Waals surface area contributed by atoms with Crippen molar-refractivity contribution in [1.29, 1.82) is 0 Å². The highest BCUT2D eigenvalue weighted by molar-refractivity contribution is 5.99. The number of nitrogens with zero attached hydrogens (tertiary/aromatic N) is 3. The highest BCUT2D eigenvalue weighted by atomic mass is 16.5. The van der Waals surface area contributed by atoms with Crippen molar-refractivity contribution in [2.75, 3.05) is 56.2 Å². The molecule has 0 saturated carbocycles. The lowest BCUT2D eigenvalue weighted by atomic mass is 10.2. The summed E-state index contributed by atoms with van der Waals surface area (Å²) in [5, 5.41) is 3.33. The maximum absolute atomic E-state index is 5.96. The molecule has 0 amide bonds. The predicted molar refractivity (Wildman–Crippen MR) is 134 cm³/mol. The Morgan fingerprint density at radius 2 is 1.61 bits per heavy atom. The van der Waals surface area contributed by atoms with Crippen LogP contribution in [0.5, 0.6) is 11.5 Å². The second kappa shape index (κ2) is 10.4. The van der Waals surface area contributed by atoms with Crippen molar-refractivity contribution in [3.63, 3.8) is 0 Å². The molecule has 2 aliphatic heterocycles. The average Bonchev–Trinajstić information content (AvgIpc) is 2.88. The minimum Gasteiger partial charge on any atom is -0.494 e. The highest BCUT2D eigenvalue weighted by Gasteiger charge is 2.16. The molecule has 1 fully saturated rings. The number of fused-ring (bicyclic) bond motifs is 1. The summed E-state index contributed by atoms with van der Waals surface area (Å²) in [4.78, 5) is 9.62. The van der Waals surface area contributed by atoms with Gasteiger partial charge in [0.2, 0.25) is 0 Å². The lowest BCUT2D eigenvalue weighted by molar-refractivity contribution is 0.225. The van der Waals surface area contributed by atoms with Gasteiger partial charge in [0, 0.05) is 44.1 Å². The van der Waals surface area contributed by atoms with Gasteiger partial charge in [-0.3, -0.25) is 4.90 Å². The van der Waals surface area contributed by atoms with E-state index in [-0.39, 0.29) is 0 Å². The molecular weight excluding hydrogens is 412 g/mol. The van der Waals surface area contributed by atoms with Crippen LogP contribution in [-0.2, 0) is 0 Å². The van der Waals surface area contributed by atoms with Gasteiger partial charge in [0.1, 0.15) is 29.6 Å². The van der Waals surface area contributed by atoms with Crippen LogP contribution < -0.4 is 19.7 Å². The average molecular weight is 443 g/mol. The molecule has 3 aromatic rings. The molecule has 3 aromatic carbocycles. The fourth-order valence-corrected chi connectivity index (χ4v) is 4.21. The van der Waals surface area contributed by atoms with E-state index in [1.165, 1.54) is 5.69 Å². The van der Waals surface area contributed by atoms with Gasteiger partial charge in [0.05, 0.1) is 6.61 Å². The van der Waals surface area contributed by atoms with E-state index in [0.717, 1.165) is 74.5 Å². The topological polar surface area (TPSA) is 49.3 Å². The fourth-order valence-electron chi connectivity index (χ4n) is 4.21. The van der Waals surface area contributed by atoms with Crippen LogP contribution in [0.4, 0.5) is 17.1 Å². The number of rotatable bonds is 7. The highest BCUT2D eigenvalue weighted by Crippen LogP contribution is 2.30. The number of anilines is 2. The van der Waals surface area contributed by atoms with Crippen LogP contribution in [-0.4, -0.2) is 56.7 Å². The van der Waals surface area contributed by atoms with Crippen LogP contribution in [0.3, 0.4) is 0 Å². The Kier molecular flexibility index (Phi) is 6.73. The minimum absolute atomic E-state index is 0.439. The molecule has 0 aromatic heterocycles. The van der Waals surface area contributed by atoms with Crippen molar-refractivity contribution in [1.82, 2.24) is 4.90 Å². The lowest BCUT2D eigenvalue weighted by Crippen LogP contribution is -2.46. The zero-order valence-electron chi connectivity index (χ0n) is 18.8. The van der Waals surface area contributed by atoms with Crippen molar-refractivity contribution in [3.05, 3.63) is 78.9 Å². The summed E-state index contributed by atoms with van der Waals surface area (Å²) in [6.45, 7) is 6.62. The quantitative estimate of drug-likeness (QED) is 0.532. The summed E-state index contributed by atoms with van der Waals surface area (Å²) in [5.41, 5.74) is 3.15. The smallest absolute Gasteiger partial charge is 0.146 e. The molecule has 0 unspecified atom stereocenters. The van der Waals surface area contributed by atoms with E-state index < -0.39 is 0 Å². The third-order valence-corrected chi connectivity index (χ3v) is 6.01. The first-order valence-corrected chi connectivity index (χ1v) is 11.7. The Balaban J connectivity index is 1.02. The molecule has 5 rings (SSSR count). The molecular formula is C27H30N4O2. The standard InChI is InChI=1S/C27H30N4O2/c1-2-7-23(8-3-1)31-18-16-30(17-19-31)15-6-20-32-24-13-11-22(12-14-24)28-27-21-33-26-10-5-4-9-25(26)29-27/h1-5,7-14H,6,15-21H2,(H,28,29). The number of piperazine rings is 1. The number of aliphatic imine (C=N–C) groups is 1. The monoisotopic (exact) mass is 442 g/mol. The summed E-state index contributed by atoms with van der Waals surface area (Å²) in [6, 6.07) is 26.5. The van der Waals surface area contributed by atoms with E-state index in [0.29, 0.717) is 6.61 Å². The first-order chi connectivity index (χ1) is 16.3. The van der Waals surface area contributed by atoms with Crippen LogP contribution in [0.25, 0.3) is 0 Å². The van der Waals surface area contributed by atoms with Crippen molar-refractivity contribution in [3.8, 4) is 11.5 Å². The maximum atomic E-state index is 5.96. The number of benzene rings is 3. The molecule has 0 atom stereocenters. The van der Waals surface area contributed by atoms with Crippen molar-refractivity contribution in [2.45, 2.75) is 6.42 Å². The Morgan fingerprint density at radius 3 is 2.42 bits per heavy atom. The minimum atomic E-state index is 0.439. The zero-order chi connectivity index (χ0) is 22.3. The molecule has 0 spiro atoms. The normalized spacial score (nSPS) is 15.9. The van der Waals surface area contributed by atoms with Gasteiger partial charge >= 0.3 is 0 Å². The van der Waals surface area contributed by atoms with Crippen molar-refractivity contribution >= 4 is 22.9 Å². The maximum Gasteiger partial charge on any atom is 0.146 e. The molecule has 170 valence electrons. The first-order valence-electron chi connectivity index (χ1n) is 11.7. The van der Waals surface area contributed by atoms with Gasteiger partial charge in [-0.25, -0.2) is 4.99 Å². The molecule has 2 aliphatic rings. The van der Waals surface area contributed by atoms with Crippen molar-refractivity contribution < 1.29 is 9.47 Å². The van der Waals surface area contributed by atoms with Gasteiger partial charge in [-0.05, 0) is 55.0 Å². The van der Waals surface area contributed by atoms with Crippen LogP contribution in [0.15, 0.2) is 83.9 Å². The van der Waals surface area contributed by atoms with Gasteiger partial charge in [-0.2, -0.15) is 0 Å². The van der Waals surface area contributed by atoms with Gasteiger partial charge < -0.3 is 19.7 Å². The van der Waals surface area contributed by atoms with Crippen molar-refractivity contribution in [2.24, 2.45) is 4.99 Å². The van der Waals surface area contributed by atoms with Gasteiger partial charge in [-0.15, -0.1) is 0 Å². The van der Waals surface area contributed by atoms with Gasteiger partial charge in [0.15, 0.2) is 0 Å². The molecule has 0 bridgehead atoms. The van der Waals surface area contributed by atoms with Crippen LogP contribution in [0, 0.1) is 0 Å². The Morgan fingerprint density at radius 1 is 0.848 bits per heavy atom. The van der Waals surface area contributed by atoms with E-state index in [4.69, 9.17) is 9.47 Å². The Bertz CT molecular complexity index is 1060. The van der Waals surface area contributed by atoms with E-state index >= 15 is 0 Å². The Labute approximate surface area is 195 Å². The molecule has 0 radical (unpaired) electrons. The second-order valence-corrected chi connectivity index (χ2v) is 8.33. The first kappa shape index (κ1) is 21.3. The van der Waals surface area contributed by atoms with Gasteiger partial charge in [0.25, 0.3) is 0 Å². The second-order valence-electron chi connectivity index (χ2n) is 8.33. The van der Waals surface area contributed by atoms with E-state index in [1.54, 1.807) is 0 Å². The van der Waals surface area contributed by atoms with Crippen LogP contribution in [0.1, 0.15) is 6.42 Å². The Hall–Kier alpha value is -3.51. The lowest BCUT2D eigenvalue weighted by Gasteiger charge is -2.36. The summed E-state index contributed by atoms with van der Waals surface area (Å²) in [5.74, 6) is 2.52. The van der Waals surface area contributed by atoms with Crippen LogP contribution in [0.2, 0.25) is 0 Å². The van der Waals surface area contributed by atoms with E-state index in [9.17, 15) is 0 Å². The molecule has 0 aliphatic carbocycles. The number of amidine groups is 1. The van der Waals surface area contributed by atoms with Gasteiger partial charge in [-0.1, -0.05) is 30.3 Å². The number of ether oxygens (including phenoxy) is 2. The molecule has 1 N–H and O–H groups in total. The number of hydrogen-bond acceptors (Lipinski definition) is 6. The van der Waals surface area contributed by atoms with E-state index in [1.807, 2.05) is 48.5 Å². The zero-order valence-corrected chi connectivity index (χ0v) is 18.8.